The summed E-state index contributed by atoms with van der Waals surface area (Å²) in [6.07, 6.45) is 5.88. The predicted molar refractivity (Wildman–Crippen MR) is 119 cm³/mol. The van der Waals surface area contributed by atoms with Crippen molar-refractivity contribution in [1.82, 2.24) is 29.8 Å². The fourth-order valence-corrected chi connectivity index (χ4v) is 4.84. The Morgan fingerprint density at radius 2 is 2.28 bits per heavy atom. The first-order valence-corrected chi connectivity index (χ1v) is 11.6. The number of β-amino-alcohol motifs (C(OH)–C–C–N with tert-alkyl or cyclic N) is 1. The number of nitrogens with one attached hydrogen (secondary N) is 2. The lowest BCUT2D eigenvalue weighted by Crippen LogP contribution is -2.38. The number of nitrogens with zero attached hydrogens (tertiary/aromatic N) is 6. The highest BCUT2D eigenvalue weighted by Gasteiger charge is 2.38. The molecule has 2 fully saturated rings. The van der Waals surface area contributed by atoms with Gasteiger partial charge in [-0.25, -0.2) is 9.50 Å². The molecular weight excluding hydrogens is 428 g/mol. The summed E-state index contributed by atoms with van der Waals surface area (Å²) in [4.78, 5) is 23.8. The summed E-state index contributed by atoms with van der Waals surface area (Å²) in [5.74, 6) is 2.26. The second kappa shape index (κ2) is 7.68. The first-order chi connectivity index (χ1) is 15.6. The van der Waals surface area contributed by atoms with Gasteiger partial charge in [-0.1, -0.05) is 0 Å². The minimum absolute atomic E-state index is 0.00332. The number of rotatable bonds is 7. The van der Waals surface area contributed by atoms with Gasteiger partial charge in [0.2, 0.25) is 5.95 Å². The van der Waals surface area contributed by atoms with Crippen LogP contribution in [0.25, 0.3) is 5.52 Å². The minimum atomic E-state index is -0.618. The molecule has 1 aliphatic heterocycles. The molecule has 32 heavy (non-hydrogen) atoms. The maximum atomic E-state index is 13.0. The molecule has 0 unspecified atom stereocenters. The van der Waals surface area contributed by atoms with E-state index < -0.39 is 12.1 Å². The molecule has 4 aromatic heterocycles. The maximum absolute atomic E-state index is 13.0. The fraction of sp³-hybridized carbons (Fsp3) is 0.381. The third-order valence-electron chi connectivity index (χ3n) is 5.96. The second-order valence-electron chi connectivity index (χ2n) is 8.33. The summed E-state index contributed by atoms with van der Waals surface area (Å²) < 4.78 is 1.73. The zero-order valence-corrected chi connectivity index (χ0v) is 18.0. The SMILES string of the molecule is O=C(Cc1nccs1)[C@@H]1C[C@H](O)CN1c1nc(Nc2cc(C3CC3)[nH]n2)c2cccn2n1. The largest absolute Gasteiger partial charge is 0.391 e. The molecule has 0 bridgehead atoms. The van der Waals surface area contributed by atoms with Gasteiger partial charge in [0.1, 0.15) is 5.52 Å². The molecule has 11 heteroatoms. The molecule has 0 amide bonds. The maximum Gasteiger partial charge on any atom is 0.246 e. The fourth-order valence-electron chi connectivity index (χ4n) is 4.21. The Bertz CT molecular complexity index is 1260. The van der Waals surface area contributed by atoms with Crippen molar-refractivity contribution in [3.05, 3.63) is 46.7 Å². The lowest BCUT2D eigenvalue weighted by molar-refractivity contribution is -0.119. The van der Waals surface area contributed by atoms with Crippen LogP contribution in [-0.4, -0.2) is 59.4 Å². The summed E-state index contributed by atoms with van der Waals surface area (Å²) in [7, 11) is 0. The molecule has 4 aromatic rings. The molecule has 6 rings (SSSR count). The number of hydrogen-bond acceptors (Lipinski definition) is 9. The lowest BCUT2D eigenvalue weighted by atomic mass is 10.1. The Morgan fingerprint density at radius 3 is 3.09 bits per heavy atom. The molecule has 2 aliphatic rings. The molecule has 1 saturated carbocycles. The standard InChI is InChI=1S/C21H22N8O2S/c30-13-8-16(17(31)10-19-22-5-7-32-19)28(11-13)21-24-20(15-2-1-6-29(15)27-21)23-18-9-14(25-26-18)12-3-4-12/h1-2,5-7,9,12-13,16,30H,3-4,8,10-11H2,(H2,23,24,25,26,27)/t13-,16-/m0/s1. The van der Waals surface area contributed by atoms with E-state index in [1.165, 1.54) is 24.2 Å². The number of thiazole rings is 1. The van der Waals surface area contributed by atoms with Crippen LogP contribution in [-0.2, 0) is 11.2 Å². The number of hydrogen-bond donors (Lipinski definition) is 3. The number of ketones is 1. The number of aromatic nitrogens is 6. The molecule has 164 valence electrons. The van der Waals surface area contributed by atoms with Crippen LogP contribution in [0.5, 0.6) is 0 Å². The van der Waals surface area contributed by atoms with Gasteiger partial charge >= 0.3 is 0 Å². The number of aliphatic hydroxyl groups is 1. The normalized spacial score (nSPS) is 20.8. The highest BCUT2D eigenvalue weighted by atomic mass is 32.1. The summed E-state index contributed by atoms with van der Waals surface area (Å²) in [5.41, 5.74) is 1.93. The Labute approximate surface area is 187 Å². The number of carbonyl (C=O) groups is 1. The van der Waals surface area contributed by atoms with E-state index in [4.69, 9.17) is 4.98 Å². The predicted octanol–water partition coefficient (Wildman–Crippen LogP) is 2.28. The van der Waals surface area contributed by atoms with Gasteiger partial charge in [-0.05, 0) is 25.0 Å². The van der Waals surface area contributed by atoms with Gasteiger partial charge < -0.3 is 15.3 Å². The van der Waals surface area contributed by atoms with E-state index in [0.29, 0.717) is 36.5 Å². The summed E-state index contributed by atoms with van der Waals surface area (Å²) in [6, 6.07) is 5.33. The van der Waals surface area contributed by atoms with Gasteiger partial charge in [-0.3, -0.25) is 9.89 Å². The average Bonchev–Trinajstić information content (AvgIpc) is 3.21. The van der Waals surface area contributed by atoms with Crippen LogP contribution in [0, 0.1) is 0 Å². The second-order valence-corrected chi connectivity index (χ2v) is 9.31. The van der Waals surface area contributed by atoms with Gasteiger partial charge in [-0.15, -0.1) is 16.4 Å². The minimum Gasteiger partial charge on any atom is -0.391 e. The van der Waals surface area contributed by atoms with E-state index >= 15 is 0 Å². The van der Waals surface area contributed by atoms with Crippen molar-refractivity contribution >= 4 is 40.2 Å². The quantitative estimate of drug-likeness (QED) is 0.392. The zero-order valence-electron chi connectivity index (χ0n) is 17.2. The molecule has 0 spiro atoms. The van der Waals surface area contributed by atoms with Crippen LogP contribution in [0.2, 0.25) is 0 Å². The van der Waals surface area contributed by atoms with Crippen LogP contribution >= 0.6 is 11.3 Å². The van der Waals surface area contributed by atoms with E-state index in [2.05, 4.69) is 25.6 Å². The molecule has 5 heterocycles. The third-order valence-corrected chi connectivity index (χ3v) is 6.74. The van der Waals surface area contributed by atoms with E-state index in [-0.39, 0.29) is 12.2 Å². The Balaban J connectivity index is 1.31. The lowest BCUT2D eigenvalue weighted by Gasteiger charge is -2.23. The van der Waals surface area contributed by atoms with Crippen LogP contribution < -0.4 is 10.2 Å². The highest BCUT2D eigenvalue weighted by Crippen LogP contribution is 2.39. The van der Waals surface area contributed by atoms with Gasteiger partial charge in [-0.2, -0.15) is 10.1 Å². The number of Topliss-reactive ketones (excluding diaryl/α,β-unsaturated/α-hetero) is 1. The molecule has 0 radical (unpaired) electrons. The number of aromatic amines is 1. The number of carbonyl (C=O) groups excluding carboxylic acids is 1. The van der Waals surface area contributed by atoms with Crippen LogP contribution in [0.3, 0.4) is 0 Å². The summed E-state index contributed by atoms with van der Waals surface area (Å²) >= 11 is 1.45. The zero-order chi connectivity index (χ0) is 21.7. The molecule has 1 saturated heterocycles. The first-order valence-electron chi connectivity index (χ1n) is 10.7. The highest BCUT2D eigenvalue weighted by molar-refractivity contribution is 7.09. The van der Waals surface area contributed by atoms with E-state index in [0.717, 1.165) is 16.2 Å². The van der Waals surface area contributed by atoms with Gasteiger partial charge in [0.25, 0.3) is 0 Å². The van der Waals surface area contributed by atoms with Gasteiger partial charge in [0.05, 0.1) is 23.6 Å². The Morgan fingerprint density at radius 1 is 1.38 bits per heavy atom. The number of H-pyrrole nitrogens is 1. The van der Waals surface area contributed by atoms with Crippen molar-refractivity contribution in [1.29, 1.82) is 0 Å². The van der Waals surface area contributed by atoms with Crippen LogP contribution in [0.4, 0.5) is 17.6 Å². The van der Waals surface area contributed by atoms with Crippen molar-refractivity contribution in [2.45, 2.75) is 43.7 Å². The molecular formula is C21H22N8O2S. The van der Waals surface area contributed by atoms with Crippen molar-refractivity contribution in [3.8, 4) is 0 Å². The van der Waals surface area contributed by atoms with Gasteiger partial charge in [0, 0.05) is 48.4 Å². The number of fused-ring (bicyclic) bond motifs is 1. The van der Waals surface area contributed by atoms with Crippen LogP contribution in [0.15, 0.2) is 36.0 Å². The Hall–Kier alpha value is -3.31. The molecule has 3 N–H and O–H groups in total. The smallest absolute Gasteiger partial charge is 0.246 e. The van der Waals surface area contributed by atoms with E-state index in [1.54, 1.807) is 15.6 Å². The third kappa shape index (κ3) is 3.63. The van der Waals surface area contributed by atoms with Crippen molar-refractivity contribution in [2.24, 2.45) is 0 Å². The average molecular weight is 451 g/mol. The van der Waals surface area contributed by atoms with Crippen molar-refractivity contribution in [2.75, 3.05) is 16.8 Å². The summed E-state index contributed by atoms with van der Waals surface area (Å²) in [5, 5.41) is 28.3. The van der Waals surface area contributed by atoms with Crippen molar-refractivity contribution < 1.29 is 9.90 Å². The Kier molecular flexibility index (Phi) is 4.65. The number of aliphatic hydroxyl groups excluding tert-OH is 1. The van der Waals surface area contributed by atoms with Gasteiger partial charge in [0.15, 0.2) is 17.4 Å². The molecule has 0 aromatic carbocycles. The molecule has 2 atom stereocenters. The van der Waals surface area contributed by atoms with Crippen molar-refractivity contribution in [3.63, 3.8) is 0 Å². The first kappa shape index (κ1) is 19.4. The summed E-state index contributed by atoms with van der Waals surface area (Å²) in [6.45, 7) is 0.300. The number of anilines is 3. The monoisotopic (exact) mass is 450 g/mol. The topological polar surface area (TPSA) is 124 Å². The van der Waals surface area contributed by atoms with E-state index in [1.807, 2.05) is 29.8 Å². The molecule has 1 aliphatic carbocycles. The van der Waals surface area contributed by atoms with E-state index in [9.17, 15) is 9.90 Å². The molecule has 10 nitrogen and oxygen atoms in total. The van der Waals surface area contributed by atoms with Crippen LogP contribution in [0.1, 0.15) is 35.9 Å².